The Kier molecular flexibility index (Phi) is 4.85. The van der Waals surface area contributed by atoms with Crippen molar-refractivity contribution in [3.63, 3.8) is 0 Å². The first-order chi connectivity index (χ1) is 9.89. The van der Waals surface area contributed by atoms with E-state index in [2.05, 4.69) is 5.32 Å². The third kappa shape index (κ3) is 4.19. The number of hydrogen-bond donors (Lipinski definition) is 2. The molecule has 0 spiro atoms. The van der Waals surface area contributed by atoms with E-state index in [0.29, 0.717) is 30.1 Å². The SMILES string of the molecule is CC1(O)CCCN(C(=O)CNC(=O)c2ccccc2Cl)C1. The van der Waals surface area contributed by atoms with Gasteiger partial charge in [0, 0.05) is 13.1 Å². The molecule has 5 nitrogen and oxygen atoms in total. The van der Waals surface area contributed by atoms with Crippen LogP contribution in [0.1, 0.15) is 30.1 Å². The summed E-state index contributed by atoms with van der Waals surface area (Å²) in [6.07, 6.45) is 1.44. The first-order valence-corrected chi connectivity index (χ1v) is 7.30. The zero-order valence-electron chi connectivity index (χ0n) is 11.9. The molecule has 0 saturated carbocycles. The molecule has 6 heteroatoms. The topological polar surface area (TPSA) is 69.6 Å². The van der Waals surface area contributed by atoms with E-state index in [1.54, 1.807) is 36.1 Å². The van der Waals surface area contributed by atoms with Crippen LogP contribution in [0.5, 0.6) is 0 Å². The number of halogens is 1. The minimum Gasteiger partial charge on any atom is -0.388 e. The third-order valence-electron chi connectivity index (χ3n) is 3.55. The van der Waals surface area contributed by atoms with Gasteiger partial charge in [-0.1, -0.05) is 23.7 Å². The molecule has 2 amide bonds. The number of aliphatic hydroxyl groups is 1. The van der Waals surface area contributed by atoms with Crippen molar-refractivity contribution in [2.45, 2.75) is 25.4 Å². The monoisotopic (exact) mass is 310 g/mol. The van der Waals surface area contributed by atoms with E-state index in [1.807, 2.05) is 0 Å². The first kappa shape index (κ1) is 15.8. The second-order valence-corrected chi connectivity index (χ2v) is 5.99. The number of rotatable bonds is 3. The molecule has 0 bridgehead atoms. The van der Waals surface area contributed by atoms with Crippen molar-refractivity contribution in [2.24, 2.45) is 0 Å². The molecule has 1 atom stereocenters. The smallest absolute Gasteiger partial charge is 0.253 e. The van der Waals surface area contributed by atoms with Gasteiger partial charge in [-0.2, -0.15) is 0 Å². The molecule has 1 aromatic rings. The van der Waals surface area contributed by atoms with Crippen molar-refractivity contribution in [3.8, 4) is 0 Å². The van der Waals surface area contributed by atoms with Gasteiger partial charge in [0.05, 0.1) is 22.7 Å². The summed E-state index contributed by atoms with van der Waals surface area (Å²) in [5.41, 5.74) is -0.502. The van der Waals surface area contributed by atoms with Crippen molar-refractivity contribution < 1.29 is 14.7 Å². The van der Waals surface area contributed by atoms with E-state index in [-0.39, 0.29) is 18.4 Å². The number of likely N-dealkylation sites (tertiary alicyclic amines) is 1. The van der Waals surface area contributed by atoms with E-state index in [4.69, 9.17) is 11.6 Å². The van der Waals surface area contributed by atoms with E-state index < -0.39 is 5.60 Å². The number of hydrogen-bond acceptors (Lipinski definition) is 3. The highest BCUT2D eigenvalue weighted by Gasteiger charge is 2.30. The number of piperidine rings is 1. The van der Waals surface area contributed by atoms with Gasteiger partial charge in [-0.3, -0.25) is 9.59 Å². The van der Waals surface area contributed by atoms with Gasteiger partial charge in [0.25, 0.3) is 5.91 Å². The van der Waals surface area contributed by atoms with Crippen LogP contribution in [0.2, 0.25) is 5.02 Å². The van der Waals surface area contributed by atoms with Crippen LogP contribution in [0.4, 0.5) is 0 Å². The summed E-state index contributed by atoms with van der Waals surface area (Å²) in [7, 11) is 0. The maximum absolute atomic E-state index is 12.1. The van der Waals surface area contributed by atoms with E-state index >= 15 is 0 Å². The largest absolute Gasteiger partial charge is 0.388 e. The lowest BCUT2D eigenvalue weighted by atomic mass is 9.95. The Morgan fingerprint density at radius 3 is 2.81 bits per heavy atom. The Balaban J connectivity index is 1.89. The van der Waals surface area contributed by atoms with E-state index in [9.17, 15) is 14.7 Å². The molecule has 1 saturated heterocycles. The average Bonchev–Trinajstić information content (AvgIpc) is 2.43. The van der Waals surface area contributed by atoms with Crippen LogP contribution in [0.3, 0.4) is 0 Å². The Morgan fingerprint density at radius 2 is 2.14 bits per heavy atom. The third-order valence-corrected chi connectivity index (χ3v) is 3.88. The van der Waals surface area contributed by atoms with Gasteiger partial charge in [-0.15, -0.1) is 0 Å². The molecule has 2 rings (SSSR count). The fourth-order valence-electron chi connectivity index (χ4n) is 2.44. The number of benzene rings is 1. The second-order valence-electron chi connectivity index (χ2n) is 5.58. The normalized spacial score (nSPS) is 22.0. The van der Waals surface area contributed by atoms with E-state index in [1.165, 1.54) is 0 Å². The van der Waals surface area contributed by atoms with Crippen LogP contribution in [0, 0.1) is 0 Å². The number of β-amino-alcohol motifs (C(OH)–C–C–N with tert-alkyl or cyclic N) is 1. The van der Waals surface area contributed by atoms with Crippen LogP contribution in [-0.2, 0) is 4.79 Å². The molecule has 1 aliphatic heterocycles. The maximum atomic E-state index is 12.1. The zero-order valence-corrected chi connectivity index (χ0v) is 12.7. The quantitative estimate of drug-likeness (QED) is 0.887. The second kappa shape index (κ2) is 6.45. The summed E-state index contributed by atoms with van der Waals surface area (Å²) in [6, 6.07) is 6.68. The molecule has 0 aliphatic carbocycles. The molecule has 0 aromatic heterocycles. The number of amides is 2. The summed E-state index contributed by atoms with van der Waals surface area (Å²) in [5.74, 6) is -0.576. The fraction of sp³-hybridized carbons (Fsp3) is 0.467. The summed E-state index contributed by atoms with van der Waals surface area (Å²) in [6.45, 7) is 2.53. The van der Waals surface area contributed by atoms with Crippen LogP contribution < -0.4 is 5.32 Å². The Morgan fingerprint density at radius 1 is 1.43 bits per heavy atom. The number of carbonyl (C=O) groups excluding carboxylic acids is 2. The Hall–Kier alpha value is -1.59. The first-order valence-electron chi connectivity index (χ1n) is 6.92. The van der Waals surface area contributed by atoms with Crippen molar-refractivity contribution in [3.05, 3.63) is 34.9 Å². The van der Waals surface area contributed by atoms with Gasteiger partial charge in [-0.25, -0.2) is 0 Å². The molecule has 1 aromatic carbocycles. The Bertz CT molecular complexity index is 545. The lowest BCUT2D eigenvalue weighted by Crippen LogP contribution is -2.51. The van der Waals surface area contributed by atoms with Crippen LogP contribution in [-0.4, -0.2) is 47.1 Å². The van der Waals surface area contributed by atoms with Gasteiger partial charge in [-0.05, 0) is 31.9 Å². The summed E-state index contributed by atoms with van der Waals surface area (Å²) >= 11 is 5.93. The maximum Gasteiger partial charge on any atom is 0.253 e. The predicted molar refractivity (Wildman–Crippen MR) is 80.2 cm³/mol. The highest BCUT2D eigenvalue weighted by Crippen LogP contribution is 2.20. The van der Waals surface area contributed by atoms with Crippen LogP contribution >= 0.6 is 11.6 Å². The van der Waals surface area contributed by atoms with E-state index in [0.717, 1.165) is 6.42 Å². The number of nitrogens with zero attached hydrogens (tertiary/aromatic N) is 1. The summed E-state index contributed by atoms with van der Waals surface area (Å²) in [4.78, 5) is 25.6. The van der Waals surface area contributed by atoms with Gasteiger partial charge in [0.2, 0.25) is 5.91 Å². The Labute approximate surface area is 128 Å². The molecule has 2 N–H and O–H groups in total. The standard InChI is InChI=1S/C15H19ClN2O3/c1-15(21)7-4-8-18(10-15)13(19)9-17-14(20)11-5-2-3-6-12(11)16/h2-3,5-6,21H,4,7-10H2,1H3,(H,17,20). The van der Waals surface area contributed by atoms with Crippen LogP contribution in [0.25, 0.3) is 0 Å². The average molecular weight is 311 g/mol. The molecule has 114 valence electrons. The number of carbonyl (C=O) groups is 2. The molecule has 1 heterocycles. The molecular formula is C15H19ClN2O3. The predicted octanol–water partition coefficient (Wildman–Crippen LogP) is 1.44. The molecule has 0 radical (unpaired) electrons. The minimum absolute atomic E-state index is 0.0971. The van der Waals surface area contributed by atoms with Gasteiger partial charge >= 0.3 is 0 Å². The fourth-order valence-corrected chi connectivity index (χ4v) is 2.66. The number of nitrogens with one attached hydrogen (secondary N) is 1. The highest BCUT2D eigenvalue weighted by atomic mass is 35.5. The molecule has 1 fully saturated rings. The lowest BCUT2D eigenvalue weighted by Gasteiger charge is -2.36. The van der Waals surface area contributed by atoms with Gasteiger partial charge in [0.1, 0.15) is 0 Å². The van der Waals surface area contributed by atoms with Crippen molar-refractivity contribution in [2.75, 3.05) is 19.6 Å². The van der Waals surface area contributed by atoms with Gasteiger partial charge in [0.15, 0.2) is 0 Å². The molecular weight excluding hydrogens is 292 g/mol. The zero-order chi connectivity index (χ0) is 15.5. The highest BCUT2D eigenvalue weighted by molar-refractivity contribution is 6.33. The summed E-state index contributed by atoms with van der Waals surface area (Å²) < 4.78 is 0. The van der Waals surface area contributed by atoms with Crippen molar-refractivity contribution in [1.82, 2.24) is 10.2 Å². The molecule has 21 heavy (non-hydrogen) atoms. The van der Waals surface area contributed by atoms with Crippen LogP contribution in [0.15, 0.2) is 24.3 Å². The summed E-state index contributed by atoms with van der Waals surface area (Å²) in [5, 5.41) is 12.9. The molecule has 1 aliphatic rings. The lowest BCUT2D eigenvalue weighted by molar-refractivity contribution is -0.136. The van der Waals surface area contributed by atoms with Crippen molar-refractivity contribution >= 4 is 23.4 Å². The van der Waals surface area contributed by atoms with Gasteiger partial charge < -0.3 is 15.3 Å². The minimum atomic E-state index is -0.847. The van der Waals surface area contributed by atoms with Crippen molar-refractivity contribution in [1.29, 1.82) is 0 Å². The molecule has 1 unspecified atom stereocenters.